The highest BCUT2D eigenvalue weighted by Crippen LogP contribution is 2.27. The summed E-state index contributed by atoms with van der Waals surface area (Å²) in [5, 5.41) is 4.02. The molecular formula is C22H26N6O5. The average Bonchev–Trinajstić information content (AvgIpc) is 3.09. The number of nitrogens with two attached hydrogens (primary N) is 1. The molecule has 0 radical (unpaired) electrons. The van der Waals surface area contributed by atoms with E-state index in [9.17, 15) is 19.2 Å². The molecule has 0 fully saturated rings. The highest BCUT2D eigenvalue weighted by Gasteiger charge is 2.26. The fourth-order valence-electron chi connectivity index (χ4n) is 3.25. The monoisotopic (exact) mass is 454 g/mol. The molecule has 1 aromatic carbocycles. The number of primary amides is 1. The SMILES string of the molecule is Cc1nc(C(=O)NNC(=O)[C@H](CC(N)=O)NC(=O)OC(C)(C)C)cc2c1[nH]c1ccccc12. The number of pyridine rings is 1. The van der Waals surface area contributed by atoms with Crippen LogP contribution in [0.1, 0.15) is 43.4 Å². The topological polar surface area (TPSA) is 168 Å². The maximum atomic E-state index is 12.7. The van der Waals surface area contributed by atoms with Crippen LogP contribution >= 0.6 is 0 Å². The number of carbonyl (C=O) groups excluding carboxylic acids is 4. The minimum absolute atomic E-state index is 0.0802. The molecule has 33 heavy (non-hydrogen) atoms. The molecule has 0 spiro atoms. The molecule has 174 valence electrons. The van der Waals surface area contributed by atoms with Gasteiger partial charge in [0.15, 0.2) is 0 Å². The second-order valence-electron chi connectivity index (χ2n) is 8.50. The van der Waals surface area contributed by atoms with Crippen molar-refractivity contribution in [3.8, 4) is 0 Å². The van der Waals surface area contributed by atoms with Crippen LogP contribution in [0.2, 0.25) is 0 Å². The molecule has 0 unspecified atom stereocenters. The Labute approximate surface area is 189 Å². The first kappa shape index (κ1) is 23.5. The fourth-order valence-corrected chi connectivity index (χ4v) is 3.25. The van der Waals surface area contributed by atoms with E-state index in [1.807, 2.05) is 24.3 Å². The summed E-state index contributed by atoms with van der Waals surface area (Å²) in [6.07, 6.45) is -1.39. The number of hydrogen-bond acceptors (Lipinski definition) is 6. The van der Waals surface area contributed by atoms with Crippen LogP contribution in [-0.2, 0) is 14.3 Å². The molecule has 2 aromatic heterocycles. The smallest absolute Gasteiger partial charge is 0.408 e. The lowest BCUT2D eigenvalue weighted by Gasteiger charge is -2.22. The number of para-hydroxylation sites is 1. The zero-order valence-electron chi connectivity index (χ0n) is 18.7. The van der Waals surface area contributed by atoms with Crippen molar-refractivity contribution >= 4 is 45.6 Å². The van der Waals surface area contributed by atoms with E-state index < -0.39 is 41.9 Å². The molecule has 11 nitrogen and oxygen atoms in total. The molecule has 0 aliphatic rings. The van der Waals surface area contributed by atoms with E-state index in [-0.39, 0.29) is 5.69 Å². The highest BCUT2D eigenvalue weighted by molar-refractivity contribution is 6.10. The van der Waals surface area contributed by atoms with Gasteiger partial charge in [-0.25, -0.2) is 9.78 Å². The number of aromatic nitrogens is 2. The normalized spacial score (nSPS) is 12.2. The summed E-state index contributed by atoms with van der Waals surface area (Å²) < 4.78 is 5.09. The van der Waals surface area contributed by atoms with Crippen molar-refractivity contribution in [2.24, 2.45) is 5.73 Å². The lowest BCUT2D eigenvalue weighted by Crippen LogP contribution is -2.54. The number of amides is 4. The Balaban J connectivity index is 1.73. The molecule has 0 aliphatic heterocycles. The van der Waals surface area contributed by atoms with Gasteiger partial charge in [-0.05, 0) is 39.8 Å². The van der Waals surface area contributed by atoms with Crippen LogP contribution in [0.4, 0.5) is 4.79 Å². The Bertz CT molecular complexity index is 1240. The van der Waals surface area contributed by atoms with Gasteiger partial charge in [-0.3, -0.25) is 25.2 Å². The van der Waals surface area contributed by atoms with E-state index in [0.717, 1.165) is 21.8 Å². The van der Waals surface area contributed by atoms with E-state index in [2.05, 4.69) is 26.1 Å². The summed E-state index contributed by atoms with van der Waals surface area (Å²) >= 11 is 0. The van der Waals surface area contributed by atoms with Crippen molar-refractivity contribution in [1.29, 1.82) is 0 Å². The van der Waals surface area contributed by atoms with Gasteiger partial charge in [0, 0.05) is 16.3 Å². The van der Waals surface area contributed by atoms with Crippen molar-refractivity contribution < 1.29 is 23.9 Å². The molecule has 3 aromatic rings. The van der Waals surface area contributed by atoms with Crippen molar-refractivity contribution in [2.75, 3.05) is 0 Å². The summed E-state index contributed by atoms with van der Waals surface area (Å²) in [5.74, 6) is -2.34. The van der Waals surface area contributed by atoms with E-state index in [0.29, 0.717) is 5.69 Å². The molecule has 2 heterocycles. The van der Waals surface area contributed by atoms with Gasteiger partial charge in [0.2, 0.25) is 5.91 Å². The quantitative estimate of drug-likeness (QED) is 0.367. The Morgan fingerprint density at radius 1 is 1.12 bits per heavy atom. The number of aromatic amines is 1. The fraction of sp³-hybridized carbons (Fsp3) is 0.318. The number of rotatable bonds is 5. The molecule has 0 saturated heterocycles. The number of ether oxygens (including phenoxy) is 1. The number of benzene rings is 1. The molecule has 11 heteroatoms. The Hall–Kier alpha value is -4.15. The molecule has 1 atom stereocenters. The lowest BCUT2D eigenvalue weighted by atomic mass is 10.1. The number of H-pyrrole nitrogens is 1. The third-order valence-electron chi connectivity index (χ3n) is 4.62. The summed E-state index contributed by atoms with van der Waals surface area (Å²) in [6.45, 7) is 6.71. The molecule has 3 rings (SSSR count). The minimum Gasteiger partial charge on any atom is -0.444 e. The van der Waals surface area contributed by atoms with Gasteiger partial charge in [-0.15, -0.1) is 0 Å². The van der Waals surface area contributed by atoms with Crippen LogP contribution in [0.5, 0.6) is 0 Å². The first-order valence-electron chi connectivity index (χ1n) is 10.2. The van der Waals surface area contributed by atoms with E-state index in [1.165, 1.54) is 0 Å². The van der Waals surface area contributed by atoms with Gasteiger partial charge in [0.1, 0.15) is 17.3 Å². The second kappa shape index (κ2) is 9.15. The number of alkyl carbamates (subject to hydrolysis) is 1. The van der Waals surface area contributed by atoms with Gasteiger partial charge in [-0.1, -0.05) is 18.2 Å². The maximum Gasteiger partial charge on any atom is 0.408 e. The van der Waals surface area contributed by atoms with Gasteiger partial charge < -0.3 is 20.8 Å². The zero-order valence-corrected chi connectivity index (χ0v) is 18.7. The van der Waals surface area contributed by atoms with Crippen molar-refractivity contribution in [1.82, 2.24) is 26.1 Å². The molecular weight excluding hydrogens is 428 g/mol. The van der Waals surface area contributed by atoms with E-state index in [4.69, 9.17) is 10.5 Å². The van der Waals surface area contributed by atoms with Gasteiger partial charge in [0.25, 0.3) is 11.8 Å². The number of fused-ring (bicyclic) bond motifs is 3. The van der Waals surface area contributed by atoms with Crippen molar-refractivity contribution in [2.45, 2.75) is 45.8 Å². The number of hydrazine groups is 1. The minimum atomic E-state index is -1.34. The van der Waals surface area contributed by atoms with Crippen LogP contribution in [0.15, 0.2) is 30.3 Å². The van der Waals surface area contributed by atoms with Crippen molar-refractivity contribution in [3.63, 3.8) is 0 Å². The lowest BCUT2D eigenvalue weighted by molar-refractivity contribution is -0.127. The van der Waals surface area contributed by atoms with Crippen molar-refractivity contribution in [3.05, 3.63) is 41.7 Å². The molecule has 6 N–H and O–H groups in total. The number of carbonyl (C=O) groups is 4. The van der Waals surface area contributed by atoms with E-state index in [1.54, 1.807) is 33.8 Å². The largest absolute Gasteiger partial charge is 0.444 e. The summed E-state index contributed by atoms with van der Waals surface area (Å²) in [5.41, 5.74) is 11.2. The summed E-state index contributed by atoms with van der Waals surface area (Å²) in [6, 6.07) is 7.91. The van der Waals surface area contributed by atoms with Crippen LogP contribution in [0.25, 0.3) is 21.8 Å². The number of hydrogen-bond donors (Lipinski definition) is 5. The van der Waals surface area contributed by atoms with E-state index >= 15 is 0 Å². The van der Waals surface area contributed by atoms with Crippen LogP contribution in [-0.4, -0.2) is 45.4 Å². The van der Waals surface area contributed by atoms with Gasteiger partial charge >= 0.3 is 6.09 Å². The number of nitrogens with one attached hydrogen (secondary N) is 4. The molecule has 4 amide bonds. The third kappa shape index (κ3) is 5.76. The first-order chi connectivity index (χ1) is 15.4. The summed E-state index contributed by atoms with van der Waals surface area (Å²) in [4.78, 5) is 56.0. The summed E-state index contributed by atoms with van der Waals surface area (Å²) in [7, 11) is 0. The first-order valence-corrected chi connectivity index (χ1v) is 10.2. The highest BCUT2D eigenvalue weighted by atomic mass is 16.6. The Morgan fingerprint density at radius 2 is 1.82 bits per heavy atom. The van der Waals surface area contributed by atoms with Gasteiger partial charge in [-0.2, -0.15) is 0 Å². The maximum absolute atomic E-state index is 12.7. The predicted molar refractivity (Wildman–Crippen MR) is 121 cm³/mol. The van der Waals surface area contributed by atoms with Crippen LogP contribution < -0.4 is 21.9 Å². The third-order valence-corrected chi connectivity index (χ3v) is 4.62. The molecule has 0 saturated carbocycles. The number of nitrogens with zero attached hydrogens (tertiary/aromatic N) is 1. The Morgan fingerprint density at radius 3 is 2.48 bits per heavy atom. The molecule has 0 aliphatic carbocycles. The van der Waals surface area contributed by atoms with Crippen LogP contribution in [0, 0.1) is 6.92 Å². The predicted octanol–water partition coefficient (Wildman–Crippen LogP) is 1.55. The number of aryl methyl sites for hydroxylation is 1. The Kier molecular flexibility index (Phi) is 6.52. The molecule has 0 bridgehead atoms. The van der Waals surface area contributed by atoms with Crippen LogP contribution in [0.3, 0.4) is 0 Å². The van der Waals surface area contributed by atoms with Gasteiger partial charge in [0.05, 0.1) is 17.6 Å². The second-order valence-corrected chi connectivity index (χ2v) is 8.50. The standard InChI is InChI=1S/C22H26N6O5/c1-11-18-13(12-7-5-6-8-14(12)25-18)9-15(24-11)19(30)27-28-20(31)16(10-17(23)29)26-21(32)33-22(2,3)4/h5-9,16,25H,10H2,1-4H3,(H2,23,29)(H,26,32)(H,27,30)(H,28,31)/t16-/m0/s1. The zero-order chi connectivity index (χ0) is 24.3. The average molecular weight is 454 g/mol.